The fourth-order valence-electron chi connectivity index (χ4n) is 5.51. The van der Waals surface area contributed by atoms with Crippen LogP contribution in [0.5, 0.6) is 0 Å². The molecule has 0 aliphatic carbocycles. The molecule has 0 spiro atoms. The summed E-state index contributed by atoms with van der Waals surface area (Å²) in [6, 6.07) is -1.03. The first-order chi connectivity index (χ1) is 20.8. The zero-order chi connectivity index (χ0) is 31.6. The molecule has 6 rings (SSSR count). The number of hydrogen-bond donors (Lipinski definition) is 8. The molecule has 4 aromatic rings. The van der Waals surface area contributed by atoms with Gasteiger partial charge in [0.1, 0.15) is 12.5 Å². The molecule has 2 fully saturated rings. The van der Waals surface area contributed by atoms with Crippen molar-refractivity contribution in [1.29, 1.82) is 0 Å². The molecule has 6 heterocycles. The number of aliphatic hydroxyl groups excluding tert-OH is 2. The minimum atomic E-state index is -4.86. The van der Waals surface area contributed by atoms with E-state index >= 15 is 0 Å². The Balaban J connectivity index is 1.18. The molecule has 2 aliphatic heterocycles. The van der Waals surface area contributed by atoms with Crippen molar-refractivity contribution in [2.24, 2.45) is 0 Å². The standard InChI is InChI=1S/C23H29F3N12O6/c1-22(23(24,25)26,31-4-10-9(40)3-13(43-10)38-7-30-15-17(38)33-21(28)35-19(15)42)36-8-2-12(44-11(8)5-39)37-6-29-14-16(37)32-20(27)34-18(14)41/h6-13,31,36,39-40H,2-5H2,1H3,(H3,27,32,34,41)(H3,28,33,35,42)/t8-,9-,10+,11+,12+,13+,22?/m0/s1. The van der Waals surface area contributed by atoms with Crippen molar-refractivity contribution in [1.82, 2.24) is 49.7 Å². The van der Waals surface area contributed by atoms with Crippen LogP contribution in [0.15, 0.2) is 22.2 Å². The number of H-pyrrole nitrogens is 2. The second-order valence-corrected chi connectivity index (χ2v) is 10.8. The summed E-state index contributed by atoms with van der Waals surface area (Å²) in [5, 5.41) is 25.6. The van der Waals surface area contributed by atoms with E-state index in [0.29, 0.717) is 0 Å². The Morgan fingerprint density at radius 3 is 2.02 bits per heavy atom. The van der Waals surface area contributed by atoms with Crippen molar-refractivity contribution in [2.45, 2.75) is 68.4 Å². The number of nitrogen functional groups attached to an aromatic ring is 2. The lowest BCUT2D eigenvalue weighted by atomic mass is 10.0. The van der Waals surface area contributed by atoms with Crippen LogP contribution in [0.3, 0.4) is 0 Å². The van der Waals surface area contributed by atoms with Gasteiger partial charge in [0.05, 0.1) is 37.6 Å². The molecule has 0 aromatic carbocycles. The highest BCUT2D eigenvalue weighted by molar-refractivity contribution is 5.71. The molecule has 2 saturated heterocycles. The first-order valence-corrected chi connectivity index (χ1v) is 13.4. The van der Waals surface area contributed by atoms with Crippen LogP contribution in [-0.2, 0) is 9.47 Å². The van der Waals surface area contributed by atoms with Gasteiger partial charge in [0.2, 0.25) is 11.9 Å². The average molecular weight is 627 g/mol. The molecular weight excluding hydrogens is 597 g/mol. The first-order valence-electron chi connectivity index (χ1n) is 13.4. The maximum absolute atomic E-state index is 14.5. The number of nitrogens with zero attached hydrogens (tertiary/aromatic N) is 6. The molecule has 10 N–H and O–H groups in total. The van der Waals surface area contributed by atoms with E-state index in [0.717, 1.165) is 6.92 Å². The molecule has 18 nitrogen and oxygen atoms in total. The van der Waals surface area contributed by atoms with Gasteiger partial charge < -0.3 is 31.2 Å². The third-order valence-corrected chi connectivity index (χ3v) is 7.84. The van der Waals surface area contributed by atoms with Crippen LogP contribution in [-0.4, -0.2) is 98.6 Å². The van der Waals surface area contributed by atoms with Gasteiger partial charge in [0.15, 0.2) is 28.0 Å². The molecule has 21 heteroatoms. The normalized spacial score (nSPS) is 27.4. The van der Waals surface area contributed by atoms with Crippen LogP contribution < -0.4 is 33.2 Å². The number of fused-ring (bicyclic) bond motifs is 2. The van der Waals surface area contributed by atoms with E-state index in [9.17, 15) is 33.0 Å². The fourth-order valence-corrected chi connectivity index (χ4v) is 5.51. The van der Waals surface area contributed by atoms with Crippen molar-refractivity contribution in [3.05, 3.63) is 33.4 Å². The van der Waals surface area contributed by atoms with E-state index in [-0.39, 0.29) is 47.1 Å². The molecule has 7 atom stereocenters. The quantitative estimate of drug-likeness (QED) is 0.100. The summed E-state index contributed by atoms with van der Waals surface area (Å²) < 4.78 is 57.9. The molecule has 0 radical (unpaired) electrons. The van der Waals surface area contributed by atoms with Crippen molar-refractivity contribution in [2.75, 3.05) is 24.6 Å². The number of ether oxygens (including phenoxy) is 2. The number of aromatic amines is 2. The van der Waals surface area contributed by atoms with Crippen LogP contribution in [0.4, 0.5) is 25.1 Å². The predicted octanol–water partition coefficient (Wildman–Crippen LogP) is -1.83. The average Bonchev–Trinajstić information content (AvgIpc) is 3.71. The maximum Gasteiger partial charge on any atom is 0.419 e. The summed E-state index contributed by atoms with van der Waals surface area (Å²) >= 11 is 0. The van der Waals surface area contributed by atoms with Gasteiger partial charge in [-0.2, -0.15) is 23.1 Å². The number of nitrogens with one attached hydrogen (secondary N) is 4. The van der Waals surface area contributed by atoms with Crippen molar-refractivity contribution < 1.29 is 32.9 Å². The summed E-state index contributed by atoms with van der Waals surface area (Å²) in [4.78, 5) is 45.0. The van der Waals surface area contributed by atoms with Gasteiger partial charge >= 0.3 is 6.18 Å². The summed E-state index contributed by atoms with van der Waals surface area (Å²) in [5.41, 5.74) is 7.48. The number of aliphatic hydroxyl groups is 2. The van der Waals surface area contributed by atoms with Gasteiger partial charge in [0.25, 0.3) is 11.1 Å². The summed E-state index contributed by atoms with van der Waals surface area (Å²) in [7, 11) is 0. The van der Waals surface area contributed by atoms with Crippen molar-refractivity contribution in [3.8, 4) is 0 Å². The number of rotatable bonds is 8. The van der Waals surface area contributed by atoms with Crippen molar-refractivity contribution in [3.63, 3.8) is 0 Å². The first kappa shape index (κ1) is 29.9. The molecule has 1 unspecified atom stereocenters. The lowest BCUT2D eigenvalue weighted by Crippen LogP contribution is -2.68. The van der Waals surface area contributed by atoms with E-state index in [4.69, 9.17) is 20.9 Å². The van der Waals surface area contributed by atoms with Gasteiger partial charge in [-0.25, -0.2) is 9.97 Å². The Bertz CT molecular complexity index is 1810. The van der Waals surface area contributed by atoms with Crippen molar-refractivity contribution >= 4 is 34.2 Å². The van der Waals surface area contributed by atoms with Crippen LogP contribution in [0.1, 0.15) is 32.2 Å². The topological polar surface area (TPSA) is 262 Å². The number of hydrogen-bond acceptors (Lipinski definition) is 14. The summed E-state index contributed by atoms with van der Waals surface area (Å²) in [6.45, 7) is -0.177. The maximum atomic E-state index is 14.5. The second-order valence-electron chi connectivity index (χ2n) is 10.8. The lowest BCUT2D eigenvalue weighted by Gasteiger charge is -2.38. The molecule has 238 valence electrons. The predicted molar refractivity (Wildman–Crippen MR) is 145 cm³/mol. The largest absolute Gasteiger partial charge is 0.419 e. The third kappa shape index (κ3) is 5.16. The van der Waals surface area contributed by atoms with Crippen LogP contribution in [0.25, 0.3) is 22.3 Å². The van der Waals surface area contributed by atoms with Gasteiger partial charge in [-0.05, 0) is 6.92 Å². The Kier molecular flexibility index (Phi) is 7.33. The molecule has 0 saturated carbocycles. The van der Waals surface area contributed by atoms with Gasteiger partial charge in [-0.3, -0.25) is 39.3 Å². The smallest absolute Gasteiger partial charge is 0.394 e. The number of halogens is 3. The molecule has 44 heavy (non-hydrogen) atoms. The Morgan fingerprint density at radius 1 is 0.977 bits per heavy atom. The highest BCUT2D eigenvalue weighted by atomic mass is 19.4. The number of anilines is 2. The molecule has 0 amide bonds. The van der Waals surface area contributed by atoms with Crippen LogP contribution in [0, 0.1) is 0 Å². The number of aromatic nitrogens is 8. The van der Waals surface area contributed by atoms with E-state index in [1.54, 1.807) is 0 Å². The Morgan fingerprint density at radius 2 is 1.50 bits per heavy atom. The SMILES string of the molecule is CC(NC[C@H]1O[C@@H](n2cnc3c(=O)[nH]c(N)nc32)C[C@@H]1O)(N[C@H]1C[C@H](n2cnc3c(=O)[nH]c(N)nc32)O[C@@H]1CO)C(F)(F)F. The monoisotopic (exact) mass is 626 g/mol. The summed E-state index contributed by atoms with van der Waals surface area (Å²) in [5.74, 6) is -0.346. The zero-order valence-corrected chi connectivity index (χ0v) is 22.9. The van der Waals surface area contributed by atoms with Crippen LogP contribution >= 0.6 is 0 Å². The van der Waals surface area contributed by atoms with Crippen LogP contribution in [0.2, 0.25) is 0 Å². The minimum Gasteiger partial charge on any atom is -0.394 e. The Labute approximate surface area is 243 Å². The van der Waals surface area contributed by atoms with E-state index in [2.05, 4.69) is 40.5 Å². The summed E-state index contributed by atoms with van der Waals surface area (Å²) in [6.07, 6.45) is -7.57. The highest BCUT2D eigenvalue weighted by Gasteiger charge is 2.54. The zero-order valence-electron chi connectivity index (χ0n) is 22.9. The Hall–Kier alpha value is -4.15. The molecule has 0 bridgehead atoms. The van der Waals surface area contributed by atoms with Gasteiger partial charge in [0, 0.05) is 25.4 Å². The van der Waals surface area contributed by atoms with E-state index in [1.807, 2.05) is 0 Å². The fraction of sp³-hybridized carbons (Fsp3) is 0.565. The highest BCUT2D eigenvalue weighted by Crippen LogP contribution is 2.36. The van der Waals surface area contributed by atoms with E-state index < -0.39 is 72.9 Å². The van der Waals surface area contributed by atoms with Gasteiger partial charge in [-0.15, -0.1) is 0 Å². The number of imidazole rings is 2. The second kappa shape index (κ2) is 10.8. The molecule has 4 aromatic heterocycles. The lowest BCUT2D eigenvalue weighted by molar-refractivity contribution is -0.207. The number of nitrogens with two attached hydrogens (primary N) is 2. The van der Waals surface area contributed by atoms with E-state index in [1.165, 1.54) is 21.8 Å². The number of alkyl halides is 3. The van der Waals surface area contributed by atoms with Gasteiger partial charge in [-0.1, -0.05) is 0 Å². The minimum absolute atomic E-state index is 0.0158. The third-order valence-electron chi connectivity index (χ3n) is 7.84. The molecule has 2 aliphatic rings. The molecular formula is C23H29F3N12O6.